The molecule has 1 aliphatic heterocycles. The topological polar surface area (TPSA) is 64.1 Å². The fourth-order valence-electron chi connectivity index (χ4n) is 2.99. The summed E-state index contributed by atoms with van der Waals surface area (Å²) in [4.78, 5) is 4.72. The van der Waals surface area contributed by atoms with E-state index >= 15 is 0 Å². The van der Waals surface area contributed by atoms with E-state index in [1.807, 2.05) is 12.1 Å². The van der Waals surface area contributed by atoms with Gasteiger partial charge in [0.25, 0.3) is 0 Å². The molecular weight excluding hydrogens is 342 g/mol. The third-order valence-corrected chi connectivity index (χ3v) is 4.71. The molecule has 0 saturated carbocycles. The van der Waals surface area contributed by atoms with Crippen LogP contribution in [0.25, 0.3) is 0 Å². The smallest absolute Gasteiger partial charge is 0.191 e. The minimum Gasteiger partial charge on any atom is -0.497 e. The normalized spacial score (nSPS) is 19.6. The van der Waals surface area contributed by atoms with E-state index in [1.165, 1.54) is 5.56 Å². The molecule has 3 unspecified atom stereocenters. The fourth-order valence-corrected chi connectivity index (χ4v) is 2.99. The number of methoxy groups -OCH3 is 1. The Morgan fingerprint density at radius 1 is 1.30 bits per heavy atom. The van der Waals surface area contributed by atoms with Crippen molar-refractivity contribution in [1.29, 1.82) is 0 Å². The third-order valence-electron chi connectivity index (χ3n) is 4.71. The third kappa shape index (κ3) is 7.77. The van der Waals surface area contributed by atoms with Crippen molar-refractivity contribution < 1.29 is 14.2 Å². The Labute approximate surface area is 163 Å². The summed E-state index contributed by atoms with van der Waals surface area (Å²) in [6, 6.07) is 8.48. The summed E-state index contributed by atoms with van der Waals surface area (Å²) in [6.45, 7) is 10.2. The van der Waals surface area contributed by atoms with Gasteiger partial charge >= 0.3 is 0 Å². The lowest BCUT2D eigenvalue weighted by atomic mass is 9.98. The van der Waals surface area contributed by atoms with E-state index < -0.39 is 0 Å². The molecule has 0 aromatic heterocycles. The molecule has 152 valence electrons. The molecular formula is C21H35N3O3. The van der Waals surface area contributed by atoms with Crippen molar-refractivity contribution in [3.05, 3.63) is 29.8 Å². The monoisotopic (exact) mass is 377 g/mol. The van der Waals surface area contributed by atoms with Crippen LogP contribution in [0.2, 0.25) is 0 Å². The molecule has 0 amide bonds. The Morgan fingerprint density at radius 3 is 2.70 bits per heavy atom. The van der Waals surface area contributed by atoms with Gasteiger partial charge in [0, 0.05) is 25.7 Å². The molecule has 0 radical (unpaired) electrons. The van der Waals surface area contributed by atoms with E-state index in [0.717, 1.165) is 44.2 Å². The fraction of sp³-hybridized carbons (Fsp3) is 0.667. The molecule has 0 aliphatic carbocycles. The summed E-state index contributed by atoms with van der Waals surface area (Å²) in [6.07, 6.45) is 2.22. The van der Waals surface area contributed by atoms with Gasteiger partial charge in [0.05, 0.1) is 26.4 Å². The average Bonchev–Trinajstić information content (AvgIpc) is 3.20. The standard InChI is InChI=1S/C21H35N3O3/c1-5-22-21(24-17(3)14-27-20-11-13-26-15-20)23-12-10-16(2)18-6-8-19(25-4)9-7-18/h6-9,16-17,20H,5,10-15H2,1-4H3,(H2,22,23,24). The number of ether oxygens (including phenoxy) is 3. The summed E-state index contributed by atoms with van der Waals surface area (Å²) in [5, 5.41) is 6.74. The highest BCUT2D eigenvalue weighted by molar-refractivity contribution is 5.80. The maximum absolute atomic E-state index is 5.88. The van der Waals surface area contributed by atoms with Crippen LogP contribution in [-0.2, 0) is 9.47 Å². The molecule has 1 heterocycles. The summed E-state index contributed by atoms with van der Waals surface area (Å²) < 4.78 is 16.5. The van der Waals surface area contributed by atoms with E-state index in [0.29, 0.717) is 19.1 Å². The van der Waals surface area contributed by atoms with E-state index in [1.54, 1.807) is 7.11 Å². The van der Waals surface area contributed by atoms with Gasteiger partial charge in [-0.1, -0.05) is 19.1 Å². The van der Waals surface area contributed by atoms with Crippen LogP contribution < -0.4 is 15.4 Å². The number of benzene rings is 1. The Bertz CT molecular complexity index is 556. The molecule has 2 rings (SSSR count). The van der Waals surface area contributed by atoms with Crippen molar-refractivity contribution in [2.24, 2.45) is 4.99 Å². The van der Waals surface area contributed by atoms with Gasteiger partial charge in [-0.05, 0) is 50.3 Å². The highest BCUT2D eigenvalue weighted by Gasteiger charge is 2.17. The second kappa shape index (κ2) is 11.8. The summed E-state index contributed by atoms with van der Waals surface area (Å²) in [5.74, 6) is 2.19. The lowest BCUT2D eigenvalue weighted by Gasteiger charge is -2.20. The number of nitrogens with zero attached hydrogens (tertiary/aromatic N) is 1. The van der Waals surface area contributed by atoms with Gasteiger partial charge < -0.3 is 24.8 Å². The van der Waals surface area contributed by atoms with Gasteiger partial charge in [0.2, 0.25) is 0 Å². The van der Waals surface area contributed by atoms with Crippen molar-refractivity contribution >= 4 is 5.96 Å². The van der Waals surface area contributed by atoms with Gasteiger partial charge in [-0.25, -0.2) is 0 Å². The van der Waals surface area contributed by atoms with Crippen molar-refractivity contribution in [1.82, 2.24) is 10.6 Å². The van der Waals surface area contributed by atoms with Crippen LogP contribution in [-0.4, -0.2) is 58.1 Å². The summed E-state index contributed by atoms with van der Waals surface area (Å²) >= 11 is 0. The highest BCUT2D eigenvalue weighted by Crippen LogP contribution is 2.21. The lowest BCUT2D eigenvalue weighted by molar-refractivity contribution is 0.0347. The highest BCUT2D eigenvalue weighted by atomic mass is 16.5. The number of hydrogen-bond acceptors (Lipinski definition) is 4. The summed E-state index contributed by atoms with van der Waals surface area (Å²) in [5.41, 5.74) is 1.31. The van der Waals surface area contributed by atoms with Gasteiger partial charge in [0.1, 0.15) is 5.75 Å². The molecule has 1 saturated heterocycles. The zero-order valence-electron chi connectivity index (χ0n) is 17.2. The zero-order valence-corrected chi connectivity index (χ0v) is 17.2. The summed E-state index contributed by atoms with van der Waals surface area (Å²) in [7, 11) is 1.69. The molecule has 6 heteroatoms. The minimum atomic E-state index is 0.197. The average molecular weight is 378 g/mol. The molecule has 0 spiro atoms. The number of hydrogen-bond donors (Lipinski definition) is 2. The van der Waals surface area contributed by atoms with Gasteiger partial charge in [-0.3, -0.25) is 4.99 Å². The van der Waals surface area contributed by atoms with Crippen LogP contribution in [0.5, 0.6) is 5.75 Å². The first kappa shape index (κ1) is 21.5. The van der Waals surface area contributed by atoms with E-state index in [9.17, 15) is 0 Å². The van der Waals surface area contributed by atoms with E-state index in [4.69, 9.17) is 19.2 Å². The molecule has 27 heavy (non-hydrogen) atoms. The number of rotatable bonds is 10. The predicted octanol–water partition coefficient (Wildman–Crippen LogP) is 2.94. The van der Waals surface area contributed by atoms with Gasteiger partial charge in [-0.15, -0.1) is 0 Å². The minimum absolute atomic E-state index is 0.197. The molecule has 3 atom stereocenters. The Morgan fingerprint density at radius 2 is 2.07 bits per heavy atom. The van der Waals surface area contributed by atoms with Crippen molar-refractivity contribution in [2.75, 3.05) is 40.0 Å². The quantitative estimate of drug-likeness (QED) is 0.485. The Kier molecular flexibility index (Phi) is 9.42. The number of guanidine groups is 1. The van der Waals surface area contributed by atoms with Crippen molar-refractivity contribution in [3.63, 3.8) is 0 Å². The van der Waals surface area contributed by atoms with Crippen LogP contribution >= 0.6 is 0 Å². The van der Waals surface area contributed by atoms with Gasteiger partial charge in [0.15, 0.2) is 5.96 Å². The second-order valence-corrected chi connectivity index (χ2v) is 7.09. The number of aliphatic imine (C=N–C) groups is 1. The van der Waals surface area contributed by atoms with Crippen LogP contribution in [0.3, 0.4) is 0 Å². The maximum atomic E-state index is 5.88. The Balaban J connectivity index is 1.76. The molecule has 1 aromatic carbocycles. The molecule has 1 aliphatic rings. The Hall–Kier alpha value is -1.79. The molecule has 6 nitrogen and oxygen atoms in total. The first-order valence-corrected chi connectivity index (χ1v) is 10.0. The zero-order chi connectivity index (χ0) is 19.5. The van der Waals surface area contributed by atoms with E-state index in [-0.39, 0.29) is 12.1 Å². The first-order valence-electron chi connectivity index (χ1n) is 10.0. The van der Waals surface area contributed by atoms with Gasteiger partial charge in [-0.2, -0.15) is 0 Å². The van der Waals surface area contributed by atoms with Crippen LogP contribution in [0, 0.1) is 0 Å². The predicted molar refractivity (Wildman–Crippen MR) is 110 cm³/mol. The second-order valence-electron chi connectivity index (χ2n) is 7.09. The number of nitrogens with one attached hydrogen (secondary N) is 2. The van der Waals surface area contributed by atoms with Crippen molar-refractivity contribution in [2.45, 2.75) is 51.7 Å². The van der Waals surface area contributed by atoms with Crippen molar-refractivity contribution in [3.8, 4) is 5.75 Å². The largest absolute Gasteiger partial charge is 0.497 e. The maximum Gasteiger partial charge on any atom is 0.191 e. The van der Waals surface area contributed by atoms with Crippen LogP contribution in [0.4, 0.5) is 0 Å². The van der Waals surface area contributed by atoms with E-state index in [2.05, 4.69) is 43.5 Å². The van der Waals surface area contributed by atoms with Crippen LogP contribution in [0.1, 0.15) is 45.1 Å². The molecule has 2 N–H and O–H groups in total. The molecule has 0 bridgehead atoms. The lowest BCUT2D eigenvalue weighted by Crippen LogP contribution is -2.44. The molecule has 1 aromatic rings. The SMILES string of the molecule is CCNC(=NCCC(C)c1ccc(OC)cc1)NC(C)COC1CCOC1. The van der Waals surface area contributed by atoms with Crippen LogP contribution in [0.15, 0.2) is 29.3 Å². The first-order chi connectivity index (χ1) is 13.1. The molecule has 1 fully saturated rings.